The van der Waals surface area contributed by atoms with Crippen molar-refractivity contribution in [2.24, 2.45) is 0 Å². The number of aliphatic hydroxyl groups excluding tert-OH is 1. The second-order valence-corrected chi connectivity index (χ2v) is 3.78. The molecule has 1 saturated heterocycles. The van der Waals surface area contributed by atoms with Gasteiger partial charge in [-0.3, -0.25) is 4.90 Å². The number of hydrogen-bond acceptors (Lipinski definition) is 4. The van der Waals surface area contributed by atoms with Crippen LogP contribution in [0.3, 0.4) is 0 Å². The van der Waals surface area contributed by atoms with Crippen molar-refractivity contribution in [3.05, 3.63) is 11.9 Å². The van der Waals surface area contributed by atoms with Gasteiger partial charge in [0.05, 0.1) is 18.8 Å². The quantitative estimate of drug-likeness (QED) is 0.765. The molecule has 0 bridgehead atoms. The van der Waals surface area contributed by atoms with Gasteiger partial charge in [-0.2, -0.15) is 0 Å². The van der Waals surface area contributed by atoms with Gasteiger partial charge in [-0.25, -0.2) is 9.07 Å². The molecule has 1 fully saturated rings. The van der Waals surface area contributed by atoms with Crippen molar-refractivity contribution in [1.29, 1.82) is 0 Å². The molecule has 1 aliphatic rings. The van der Waals surface area contributed by atoms with Crippen molar-refractivity contribution >= 4 is 0 Å². The van der Waals surface area contributed by atoms with Crippen LogP contribution in [0.4, 0.5) is 4.39 Å². The van der Waals surface area contributed by atoms with Gasteiger partial charge in [-0.15, -0.1) is 5.10 Å². The fourth-order valence-electron chi connectivity index (χ4n) is 1.92. The summed E-state index contributed by atoms with van der Waals surface area (Å²) in [5.41, 5.74) is 0.582. The summed E-state index contributed by atoms with van der Waals surface area (Å²) < 4.78 is 13.9. The summed E-state index contributed by atoms with van der Waals surface area (Å²) in [5, 5.41) is 16.6. The van der Waals surface area contributed by atoms with E-state index < -0.39 is 0 Å². The van der Waals surface area contributed by atoms with Crippen molar-refractivity contribution in [2.45, 2.75) is 19.1 Å². The normalized spacial score (nSPS) is 22.4. The van der Waals surface area contributed by atoms with E-state index in [9.17, 15) is 4.39 Å². The highest BCUT2D eigenvalue weighted by molar-refractivity contribution is 4.92. The molecule has 6 heteroatoms. The average Bonchev–Trinajstić information content (AvgIpc) is 2.85. The van der Waals surface area contributed by atoms with Crippen LogP contribution in [0.15, 0.2) is 6.20 Å². The second-order valence-electron chi connectivity index (χ2n) is 3.78. The van der Waals surface area contributed by atoms with Crippen molar-refractivity contribution in [3.8, 4) is 0 Å². The summed E-state index contributed by atoms with van der Waals surface area (Å²) in [4.78, 5) is 2.07. The highest BCUT2D eigenvalue weighted by Crippen LogP contribution is 2.20. The predicted molar refractivity (Wildman–Crippen MR) is 52.0 cm³/mol. The molecule has 0 aromatic carbocycles. The number of aromatic nitrogens is 3. The van der Waals surface area contributed by atoms with E-state index in [4.69, 9.17) is 5.11 Å². The summed E-state index contributed by atoms with van der Waals surface area (Å²) >= 11 is 0. The third-order valence-electron chi connectivity index (χ3n) is 2.74. The van der Waals surface area contributed by atoms with E-state index in [-0.39, 0.29) is 19.3 Å². The molecular weight excluding hydrogens is 199 g/mol. The Bertz CT molecular complexity index is 317. The molecule has 0 aliphatic carbocycles. The Kier molecular flexibility index (Phi) is 3.27. The standard InChI is InChI=1S/C9H15FN4O/c10-2-4-13-3-1-9(6-13)14-5-8(7-15)11-12-14/h5,9,15H,1-4,6-7H2. The maximum atomic E-state index is 12.1. The molecule has 1 aromatic rings. The first-order valence-electron chi connectivity index (χ1n) is 5.13. The molecule has 5 nitrogen and oxygen atoms in total. The molecule has 15 heavy (non-hydrogen) atoms. The second kappa shape index (κ2) is 4.67. The lowest BCUT2D eigenvalue weighted by Gasteiger charge is -2.13. The largest absolute Gasteiger partial charge is 0.390 e. The lowest BCUT2D eigenvalue weighted by Crippen LogP contribution is -2.24. The molecule has 1 atom stereocenters. The third kappa shape index (κ3) is 2.32. The van der Waals surface area contributed by atoms with Gasteiger partial charge in [-0.1, -0.05) is 5.21 Å². The first-order chi connectivity index (χ1) is 7.33. The molecular formula is C9H15FN4O. The van der Waals surface area contributed by atoms with Gasteiger partial charge in [0, 0.05) is 19.6 Å². The number of likely N-dealkylation sites (tertiary alicyclic amines) is 1. The van der Waals surface area contributed by atoms with E-state index in [2.05, 4.69) is 15.2 Å². The monoisotopic (exact) mass is 214 g/mol. The predicted octanol–water partition coefficient (Wildman–Crippen LogP) is -0.0133. The Morgan fingerprint density at radius 2 is 2.47 bits per heavy atom. The number of hydrogen-bond donors (Lipinski definition) is 1. The Labute approximate surface area is 87.5 Å². The van der Waals surface area contributed by atoms with Crippen LogP contribution in [-0.4, -0.2) is 51.3 Å². The van der Waals surface area contributed by atoms with Crippen LogP contribution in [0.2, 0.25) is 0 Å². The van der Waals surface area contributed by atoms with E-state index in [1.807, 2.05) is 0 Å². The molecule has 84 valence electrons. The summed E-state index contributed by atoms with van der Waals surface area (Å²) in [7, 11) is 0. The minimum absolute atomic E-state index is 0.0824. The van der Waals surface area contributed by atoms with Crippen LogP contribution >= 0.6 is 0 Å². The Hall–Kier alpha value is -1.01. The first-order valence-corrected chi connectivity index (χ1v) is 5.13. The van der Waals surface area contributed by atoms with Gasteiger partial charge >= 0.3 is 0 Å². The van der Waals surface area contributed by atoms with Crippen LogP contribution in [-0.2, 0) is 6.61 Å². The van der Waals surface area contributed by atoms with Crippen molar-refractivity contribution in [3.63, 3.8) is 0 Å². The summed E-state index contributed by atoms with van der Waals surface area (Å²) in [6.07, 6.45) is 2.72. The SMILES string of the molecule is OCc1cn(C2CCN(CCF)C2)nn1. The molecule has 1 aliphatic heterocycles. The van der Waals surface area contributed by atoms with Crippen molar-refractivity contribution < 1.29 is 9.50 Å². The Morgan fingerprint density at radius 1 is 1.60 bits per heavy atom. The summed E-state index contributed by atoms with van der Waals surface area (Å²) in [6, 6.07) is 0.268. The number of nitrogens with zero attached hydrogens (tertiary/aromatic N) is 4. The molecule has 1 aromatic heterocycles. The topological polar surface area (TPSA) is 54.2 Å². The molecule has 0 radical (unpaired) electrons. The zero-order valence-electron chi connectivity index (χ0n) is 8.51. The maximum Gasteiger partial charge on any atom is 0.108 e. The highest BCUT2D eigenvalue weighted by Gasteiger charge is 2.24. The fraction of sp³-hybridized carbons (Fsp3) is 0.778. The molecule has 1 unspecified atom stereocenters. The molecule has 0 spiro atoms. The lowest BCUT2D eigenvalue weighted by molar-refractivity contribution is 0.276. The molecule has 0 saturated carbocycles. The zero-order chi connectivity index (χ0) is 10.7. The van der Waals surface area contributed by atoms with Gasteiger partial charge < -0.3 is 5.11 Å². The molecule has 2 heterocycles. The van der Waals surface area contributed by atoms with Gasteiger partial charge in [0.15, 0.2) is 0 Å². The first kappa shape index (κ1) is 10.5. The number of halogens is 1. The minimum Gasteiger partial charge on any atom is -0.390 e. The number of alkyl halides is 1. The van der Waals surface area contributed by atoms with E-state index in [0.29, 0.717) is 12.2 Å². The van der Waals surface area contributed by atoms with Crippen molar-refractivity contribution in [2.75, 3.05) is 26.3 Å². The minimum atomic E-state index is -0.300. The third-order valence-corrected chi connectivity index (χ3v) is 2.74. The lowest BCUT2D eigenvalue weighted by atomic mass is 10.3. The number of aliphatic hydroxyl groups is 1. The Balaban J connectivity index is 1.95. The van der Waals surface area contributed by atoms with Crippen molar-refractivity contribution in [1.82, 2.24) is 19.9 Å². The van der Waals surface area contributed by atoms with E-state index >= 15 is 0 Å². The highest BCUT2D eigenvalue weighted by atomic mass is 19.1. The smallest absolute Gasteiger partial charge is 0.108 e. The molecule has 1 N–H and O–H groups in total. The van der Waals surface area contributed by atoms with Crippen LogP contribution in [0.1, 0.15) is 18.2 Å². The van der Waals surface area contributed by atoms with Crippen LogP contribution < -0.4 is 0 Å². The van der Waals surface area contributed by atoms with Gasteiger partial charge in [0.25, 0.3) is 0 Å². The summed E-state index contributed by atoms with van der Waals surface area (Å²) in [6.45, 7) is 1.84. The van der Waals surface area contributed by atoms with Gasteiger partial charge in [-0.05, 0) is 6.42 Å². The van der Waals surface area contributed by atoms with Crippen LogP contribution in [0.5, 0.6) is 0 Å². The molecule has 2 rings (SSSR count). The number of rotatable bonds is 4. The van der Waals surface area contributed by atoms with Crippen LogP contribution in [0.25, 0.3) is 0 Å². The van der Waals surface area contributed by atoms with Gasteiger partial charge in [0.2, 0.25) is 0 Å². The van der Waals surface area contributed by atoms with Gasteiger partial charge in [0.1, 0.15) is 12.4 Å². The van der Waals surface area contributed by atoms with Crippen LogP contribution in [0, 0.1) is 0 Å². The van der Waals surface area contributed by atoms with E-state index in [0.717, 1.165) is 19.5 Å². The zero-order valence-corrected chi connectivity index (χ0v) is 8.51. The summed E-state index contributed by atoms with van der Waals surface area (Å²) in [5.74, 6) is 0. The van der Waals surface area contributed by atoms with E-state index in [1.54, 1.807) is 10.9 Å². The maximum absolute atomic E-state index is 12.1. The average molecular weight is 214 g/mol. The fourth-order valence-corrected chi connectivity index (χ4v) is 1.92. The van der Waals surface area contributed by atoms with E-state index in [1.165, 1.54) is 0 Å². The molecule has 0 amide bonds. The Morgan fingerprint density at radius 3 is 3.13 bits per heavy atom.